The monoisotopic (exact) mass is 382 g/mol. The molecule has 0 aliphatic carbocycles. The van der Waals surface area contributed by atoms with E-state index < -0.39 is 11.4 Å². The van der Waals surface area contributed by atoms with Gasteiger partial charge in [-0.05, 0) is 61.3 Å². The standard InChI is InChI=1S/C24H30O4/c1-6-24(5,14-21(25)26)13-12-20-18(4)23(17(3)16(2)22(20)27)28-15-19-10-8-7-9-11-19/h6-11,27H,1,12-15H2,2-5H3,(H,25,26). The van der Waals surface area contributed by atoms with E-state index in [0.717, 1.165) is 33.6 Å². The highest BCUT2D eigenvalue weighted by atomic mass is 16.5. The molecule has 0 heterocycles. The van der Waals surface area contributed by atoms with Crippen molar-refractivity contribution in [1.82, 2.24) is 0 Å². The number of hydrogen-bond acceptors (Lipinski definition) is 3. The fraction of sp³-hybridized carbons (Fsp3) is 0.375. The molecule has 0 spiro atoms. The van der Waals surface area contributed by atoms with Crippen molar-refractivity contribution in [3.63, 3.8) is 0 Å². The number of phenols is 1. The topological polar surface area (TPSA) is 66.8 Å². The van der Waals surface area contributed by atoms with Crippen LogP contribution in [0.1, 0.15) is 47.6 Å². The Morgan fingerprint density at radius 3 is 2.36 bits per heavy atom. The molecule has 0 saturated carbocycles. The number of benzene rings is 2. The van der Waals surface area contributed by atoms with E-state index in [9.17, 15) is 15.0 Å². The van der Waals surface area contributed by atoms with Crippen LogP contribution < -0.4 is 4.74 Å². The molecule has 150 valence electrons. The lowest BCUT2D eigenvalue weighted by Gasteiger charge is -2.25. The maximum absolute atomic E-state index is 11.2. The molecule has 4 heteroatoms. The normalized spacial score (nSPS) is 13.0. The average molecular weight is 383 g/mol. The summed E-state index contributed by atoms with van der Waals surface area (Å²) in [7, 11) is 0. The number of hydrogen-bond donors (Lipinski definition) is 2. The van der Waals surface area contributed by atoms with E-state index in [2.05, 4.69) is 6.58 Å². The number of carboxylic acid groups (broad SMARTS) is 1. The molecule has 0 aliphatic heterocycles. The summed E-state index contributed by atoms with van der Waals surface area (Å²) in [6.45, 7) is 11.9. The third kappa shape index (κ3) is 4.94. The van der Waals surface area contributed by atoms with Crippen LogP contribution in [0.2, 0.25) is 0 Å². The first kappa shape index (κ1) is 21.5. The van der Waals surface area contributed by atoms with Gasteiger partial charge in [0.1, 0.15) is 18.1 Å². The van der Waals surface area contributed by atoms with Crippen molar-refractivity contribution < 1.29 is 19.7 Å². The molecular formula is C24H30O4. The van der Waals surface area contributed by atoms with Crippen molar-refractivity contribution in [3.8, 4) is 11.5 Å². The third-order valence-electron chi connectivity index (χ3n) is 5.56. The van der Waals surface area contributed by atoms with Gasteiger partial charge in [0.2, 0.25) is 0 Å². The molecule has 1 atom stereocenters. The van der Waals surface area contributed by atoms with Gasteiger partial charge in [0, 0.05) is 5.56 Å². The largest absolute Gasteiger partial charge is 0.507 e. The number of allylic oxidation sites excluding steroid dienone is 1. The zero-order chi connectivity index (χ0) is 20.9. The summed E-state index contributed by atoms with van der Waals surface area (Å²) in [5.41, 5.74) is 3.97. The smallest absolute Gasteiger partial charge is 0.304 e. The molecule has 2 rings (SSSR count). The predicted molar refractivity (Wildman–Crippen MR) is 112 cm³/mol. The molecule has 2 aromatic carbocycles. The molecule has 2 N–H and O–H groups in total. The van der Waals surface area contributed by atoms with Crippen molar-refractivity contribution in [2.24, 2.45) is 5.41 Å². The Morgan fingerprint density at radius 1 is 1.14 bits per heavy atom. The molecule has 0 aliphatic rings. The predicted octanol–water partition coefficient (Wildman–Crippen LogP) is 5.50. The number of carboxylic acids is 1. The maximum Gasteiger partial charge on any atom is 0.304 e. The van der Waals surface area contributed by atoms with Crippen LogP contribution in [0.3, 0.4) is 0 Å². The van der Waals surface area contributed by atoms with Crippen molar-refractivity contribution in [2.75, 3.05) is 0 Å². The van der Waals surface area contributed by atoms with Gasteiger partial charge >= 0.3 is 5.97 Å². The quantitative estimate of drug-likeness (QED) is 0.562. The molecule has 2 aromatic rings. The maximum atomic E-state index is 11.2. The van der Waals surface area contributed by atoms with E-state index in [4.69, 9.17) is 4.74 Å². The zero-order valence-electron chi connectivity index (χ0n) is 17.2. The van der Waals surface area contributed by atoms with Gasteiger partial charge in [-0.3, -0.25) is 4.79 Å². The number of ether oxygens (including phenoxy) is 1. The first-order valence-corrected chi connectivity index (χ1v) is 9.52. The number of phenolic OH excluding ortho intramolecular Hbond substituents is 1. The van der Waals surface area contributed by atoms with Gasteiger partial charge < -0.3 is 14.9 Å². The molecule has 0 amide bonds. The summed E-state index contributed by atoms with van der Waals surface area (Å²) in [6, 6.07) is 9.95. The van der Waals surface area contributed by atoms with Gasteiger partial charge in [-0.2, -0.15) is 0 Å². The van der Waals surface area contributed by atoms with Gasteiger partial charge in [0.05, 0.1) is 6.42 Å². The second kappa shape index (κ2) is 8.96. The number of rotatable bonds is 9. The van der Waals surface area contributed by atoms with Crippen LogP contribution in [0, 0.1) is 26.2 Å². The molecule has 0 fully saturated rings. The lowest BCUT2D eigenvalue weighted by atomic mass is 9.80. The number of aromatic hydroxyl groups is 1. The molecule has 0 saturated heterocycles. The van der Waals surface area contributed by atoms with Crippen LogP contribution in [0.5, 0.6) is 11.5 Å². The van der Waals surface area contributed by atoms with Crippen LogP contribution in [-0.2, 0) is 17.8 Å². The van der Waals surface area contributed by atoms with E-state index in [0.29, 0.717) is 19.4 Å². The second-order valence-corrected chi connectivity index (χ2v) is 7.73. The molecule has 1 unspecified atom stereocenters. The van der Waals surface area contributed by atoms with Crippen LogP contribution in [-0.4, -0.2) is 16.2 Å². The van der Waals surface area contributed by atoms with E-state index in [1.165, 1.54) is 0 Å². The lowest BCUT2D eigenvalue weighted by Crippen LogP contribution is -2.19. The minimum absolute atomic E-state index is 0.0124. The number of carbonyl (C=O) groups is 1. The van der Waals surface area contributed by atoms with Gasteiger partial charge in [-0.25, -0.2) is 0 Å². The zero-order valence-corrected chi connectivity index (χ0v) is 17.2. The van der Waals surface area contributed by atoms with Gasteiger partial charge in [-0.1, -0.05) is 43.3 Å². The molecule has 4 nitrogen and oxygen atoms in total. The Balaban J connectivity index is 2.30. The Labute approximate surface area is 167 Å². The fourth-order valence-electron chi connectivity index (χ4n) is 3.44. The Kier molecular flexibility index (Phi) is 6.90. The fourth-order valence-corrected chi connectivity index (χ4v) is 3.44. The van der Waals surface area contributed by atoms with Gasteiger partial charge in [0.25, 0.3) is 0 Å². The highest BCUT2D eigenvalue weighted by Crippen LogP contribution is 2.40. The second-order valence-electron chi connectivity index (χ2n) is 7.73. The van der Waals surface area contributed by atoms with Crippen LogP contribution >= 0.6 is 0 Å². The van der Waals surface area contributed by atoms with Crippen molar-refractivity contribution >= 4 is 5.97 Å². The summed E-state index contributed by atoms with van der Waals surface area (Å²) in [5, 5.41) is 19.9. The van der Waals surface area contributed by atoms with Crippen LogP contribution in [0.25, 0.3) is 0 Å². The van der Waals surface area contributed by atoms with E-state index in [1.54, 1.807) is 6.08 Å². The van der Waals surface area contributed by atoms with E-state index in [1.807, 2.05) is 58.0 Å². The highest BCUT2D eigenvalue weighted by Gasteiger charge is 2.26. The van der Waals surface area contributed by atoms with E-state index in [-0.39, 0.29) is 12.2 Å². The molecule has 0 bridgehead atoms. The Morgan fingerprint density at radius 2 is 1.79 bits per heavy atom. The van der Waals surface area contributed by atoms with Gasteiger partial charge in [0.15, 0.2) is 0 Å². The average Bonchev–Trinajstić information content (AvgIpc) is 2.66. The lowest BCUT2D eigenvalue weighted by molar-refractivity contribution is -0.138. The minimum atomic E-state index is -0.852. The van der Waals surface area contributed by atoms with Crippen molar-refractivity contribution in [3.05, 3.63) is 70.8 Å². The van der Waals surface area contributed by atoms with Crippen molar-refractivity contribution in [2.45, 2.75) is 53.6 Å². The summed E-state index contributed by atoms with van der Waals surface area (Å²) in [4.78, 5) is 11.2. The Hall–Kier alpha value is -2.75. The third-order valence-corrected chi connectivity index (χ3v) is 5.56. The molecule has 28 heavy (non-hydrogen) atoms. The molecule has 0 aromatic heterocycles. The summed E-state index contributed by atoms with van der Waals surface area (Å²) in [5.74, 6) is 0.201. The molecular weight excluding hydrogens is 352 g/mol. The summed E-state index contributed by atoms with van der Waals surface area (Å²) < 4.78 is 6.13. The summed E-state index contributed by atoms with van der Waals surface area (Å²) in [6.07, 6.45) is 2.84. The SMILES string of the molecule is C=CC(C)(CCc1c(C)c(OCc2ccccc2)c(C)c(C)c1O)CC(=O)O. The number of aliphatic carboxylic acids is 1. The highest BCUT2D eigenvalue weighted by molar-refractivity contribution is 5.68. The summed E-state index contributed by atoms with van der Waals surface area (Å²) >= 11 is 0. The molecule has 0 radical (unpaired) electrons. The van der Waals surface area contributed by atoms with Crippen molar-refractivity contribution in [1.29, 1.82) is 0 Å². The first-order chi connectivity index (χ1) is 13.2. The van der Waals surface area contributed by atoms with E-state index >= 15 is 0 Å². The minimum Gasteiger partial charge on any atom is -0.507 e. The van der Waals surface area contributed by atoms with Gasteiger partial charge in [-0.15, -0.1) is 6.58 Å². The van der Waals surface area contributed by atoms with Crippen LogP contribution in [0.15, 0.2) is 43.0 Å². The first-order valence-electron chi connectivity index (χ1n) is 9.52. The van der Waals surface area contributed by atoms with Crippen LogP contribution in [0.4, 0.5) is 0 Å². The Bertz CT molecular complexity index is 855.